The van der Waals surface area contributed by atoms with Crippen LogP contribution in [0.5, 0.6) is 11.5 Å². The van der Waals surface area contributed by atoms with E-state index < -0.39 is 13.4 Å². The molecule has 1 aromatic heterocycles. The Balaban J connectivity index is 1.62. The number of benzene rings is 3. The topological polar surface area (TPSA) is 76.1 Å². The Morgan fingerprint density at radius 3 is 2.25 bits per heavy atom. The van der Waals surface area contributed by atoms with Gasteiger partial charge in [0.25, 0.3) is 0 Å². The van der Waals surface area contributed by atoms with E-state index in [4.69, 9.17) is 28.2 Å². The predicted molar refractivity (Wildman–Crippen MR) is 143 cm³/mol. The Morgan fingerprint density at radius 1 is 0.944 bits per heavy atom. The average molecular weight is 528 g/mol. The number of fused-ring (bicyclic) bond motifs is 1. The zero-order valence-electron chi connectivity index (χ0n) is 20.8. The minimum absolute atomic E-state index is 0.242. The maximum atomic E-state index is 13.4. The molecule has 1 heterocycles. The van der Waals surface area contributed by atoms with E-state index in [-0.39, 0.29) is 13.2 Å². The molecule has 0 aliphatic heterocycles. The van der Waals surface area contributed by atoms with E-state index in [0.717, 1.165) is 32.1 Å². The summed E-state index contributed by atoms with van der Waals surface area (Å²) in [7, 11) is -0.475. The molecule has 7 nitrogen and oxygen atoms in total. The largest absolute Gasteiger partial charge is 0.494 e. The first-order valence-electron chi connectivity index (χ1n) is 11.7. The highest BCUT2D eigenvalue weighted by molar-refractivity contribution is 7.54. The molecule has 0 spiro atoms. The first-order valence-corrected chi connectivity index (χ1v) is 14.1. The van der Waals surface area contributed by atoms with Crippen LogP contribution in [0.15, 0.2) is 66.7 Å². The summed E-state index contributed by atoms with van der Waals surface area (Å²) in [5.74, 6) is 0.464. The van der Waals surface area contributed by atoms with Gasteiger partial charge in [0.15, 0.2) is 5.85 Å². The second-order valence-electron chi connectivity index (χ2n) is 7.85. The van der Waals surface area contributed by atoms with Gasteiger partial charge in [-0.05, 0) is 61.4 Å². The number of hydrogen-bond donors (Lipinski definition) is 0. The van der Waals surface area contributed by atoms with Gasteiger partial charge in [-0.15, -0.1) is 11.3 Å². The predicted octanol–water partition coefficient (Wildman–Crippen LogP) is 7.46. The van der Waals surface area contributed by atoms with Gasteiger partial charge < -0.3 is 23.3 Å². The zero-order valence-corrected chi connectivity index (χ0v) is 22.5. The Labute approximate surface area is 215 Å². The lowest BCUT2D eigenvalue weighted by atomic mass is 10.2. The molecule has 4 rings (SSSR count). The standard InChI is InChI=1S/C27H30NO6PS/c1-5-33-35(29,34-6-2)27(31-4)21-16-23(30-3)25-24(17-21)36-26(28-25)20-12-14-22(15-13-20)32-18-19-10-8-7-9-11-19/h7-17,27H,5-6,18H2,1-4H3. The van der Waals surface area contributed by atoms with Gasteiger partial charge in [0.1, 0.15) is 28.6 Å². The fourth-order valence-electron chi connectivity index (χ4n) is 3.86. The van der Waals surface area contributed by atoms with Gasteiger partial charge in [-0.3, -0.25) is 4.57 Å². The molecule has 190 valence electrons. The van der Waals surface area contributed by atoms with E-state index in [9.17, 15) is 4.57 Å². The van der Waals surface area contributed by atoms with Crippen molar-refractivity contribution in [2.45, 2.75) is 26.3 Å². The quantitative estimate of drug-likeness (QED) is 0.177. The number of methoxy groups -OCH3 is 2. The molecular formula is C27H30NO6PS. The second-order valence-corrected chi connectivity index (χ2v) is 10.9. The third kappa shape index (κ3) is 5.80. The third-order valence-corrected chi connectivity index (χ3v) is 8.84. The number of ether oxygens (including phenoxy) is 3. The number of hydrogen-bond acceptors (Lipinski definition) is 8. The molecule has 0 saturated heterocycles. The maximum absolute atomic E-state index is 13.4. The Kier molecular flexibility index (Phi) is 8.77. The monoisotopic (exact) mass is 527 g/mol. The molecule has 1 atom stereocenters. The van der Waals surface area contributed by atoms with Crippen molar-refractivity contribution in [3.05, 3.63) is 77.9 Å². The van der Waals surface area contributed by atoms with Crippen molar-refractivity contribution in [2.24, 2.45) is 0 Å². The number of nitrogens with zero attached hydrogens (tertiary/aromatic N) is 1. The summed E-state index contributed by atoms with van der Waals surface area (Å²) >= 11 is 1.52. The fraction of sp³-hybridized carbons (Fsp3) is 0.296. The summed E-state index contributed by atoms with van der Waals surface area (Å²) in [6, 6.07) is 21.6. The van der Waals surface area contributed by atoms with Crippen LogP contribution in [0.1, 0.15) is 30.8 Å². The SMILES string of the molecule is CCOP(=O)(OCC)C(OC)c1cc(OC)c2nc(-c3ccc(OCc4ccccc4)cc3)sc2c1. The number of aromatic nitrogens is 1. The van der Waals surface area contributed by atoms with Crippen molar-refractivity contribution in [1.29, 1.82) is 0 Å². The number of rotatable bonds is 12. The summed E-state index contributed by atoms with van der Waals surface area (Å²) in [4.78, 5) is 4.82. The molecule has 9 heteroatoms. The van der Waals surface area contributed by atoms with Crippen LogP contribution in [-0.2, 0) is 25.0 Å². The molecule has 1 unspecified atom stereocenters. The molecule has 4 aromatic rings. The molecule has 0 saturated carbocycles. The molecule has 0 bridgehead atoms. The average Bonchev–Trinajstić information content (AvgIpc) is 3.33. The smallest absolute Gasteiger partial charge is 0.363 e. The molecule has 3 aromatic carbocycles. The highest BCUT2D eigenvalue weighted by Crippen LogP contribution is 2.61. The highest BCUT2D eigenvalue weighted by Gasteiger charge is 2.38. The van der Waals surface area contributed by atoms with Crippen molar-refractivity contribution >= 4 is 29.1 Å². The van der Waals surface area contributed by atoms with Gasteiger partial charge in [0, 0.05) is 12.7 Å². The van der Waals surface area contributed by atoms with Crippen molar-refractivity contribution in [1.82, 2.24) is 4.98 Å². The van der Waals surface area contributed by atoms with E-state index in [2.05, 4.69) is 0 Å². The summed E-state index contributed by atoms with van der Waals surface area (Å²) in [5.41, 5.74) is 3.45. The van der Waals surface area contributed by atoms with Gasteiger partial charge in [-0.1, -0.05) is 30.3 Å². The van der Waals surface area contributed by atoms with E-state index in [1.165, 1.54) is 18.4 Å². The Hall–Kier alpha value is -2.74. The minimum Gasteiger partial charge on any atom is -0.494 e. The van der Waals surface area contributed by atoms with Crippen LogP contribution in [0.25, 0.3) is 20.8 Å². The van der Waals surface area contributed by atoms with Crippen LogP contribution in [0, 0.1) is 0 Å². The summed E-state index contributed by atoms with van der Waals surface area (Å²) in [6.07, 6.45) is 0. The van der Waals surface area contributed by atoms with Crippen molar-refractivity contribution in [2.75, 3.05) is 27.4 Å². The van der Waals surface area contributed by atoms with Crippen LogP contribution in [0.3, 0.4) is 0 Å². The van der Waals surface area contributed by atoms with Crippen LogP contribution < -0.4 is 9.47 Å². The van der Waals surface area contributed by atoms with E-state index in [1.54, 1.807) is 27.0 Å². The van der Waals surface area contributed by atoms with Gasteiger partial charge in [0.05, 0.1) is 25.0 Å². The van der Waals surface area contributed by atoms with Crippen molar-refractivity contribution in [3.8, 4) is 22.1 Å². The van der Waals surface area contributed by atoms with E-state index in [1.807, 2.05) is 60.7 Å². The lowest BCUT2D eigenvalue weighted by Gasteiger charge is -2.25. The van der Waals surface area contributed by atoms with Crippen LogP contribution >= 0.6 is 18.9 Å². The summed E-state index contributed by atoms with van der Waals surface area (Å²) < 4.78 is 42.6. The van der Waals surface area contributed by atoms with E-state index in [0.29, 0.717) is 17.9 Å². The summed E-state index contributed by atoms with van der Waals surface area (Å²) in [6.45, 7) is 4.54. The Morgan fingerprint density at radius 2 is 1.64 bits per heavy atom. The van der Waals surface area contributed by atoms with Crippen LogP contribution in [-0.4, -0.2) is 32.4 Å². The van der Waals surface area contributed by atoms with Crippen LogP contribution in [0.4, 0.5) is 0 Å². The lowest BCUT2D eigenvalue weighted by Crippen LogP contribution is -2.09. The van der Waals surface area contributed by atoms with Gasteiger partial charge in [-0.25, -0.2) is 4.98 Å². The van der Waals surface area contributed by atoms with Crippen molar-refractivity contribution in [3.63, 3.8) is 0 Å². The van der Waals surface area contributed by atoms with Crippen LogP contribution in [0.2, 0.25) is 0 Å². The zero-order chi connectivity index (χ0) is 25.5. The molecule has 0 fully saturated rings. The van der Waals surface area contributed by atoms with Gasteiger partial charge in [-0.2, -0.15) is 0 Å². The van der Waals surface area contributed by atoms with E-state index >= 15 is 0 Å². The normalized spacial score (nSPS) is 12.6. The molecule has 0 N–H and O–H groups in total. The maximum Gasteiger partial charge on any atom is 0.363 e. The minimum atomic E-state index is -3.55. The lowest BCUT2D eigenvalue weighted by molar-refractivity contribution is 0.109. The van der Waals surface area contributed by atoms with Gasteiger partial charge >= 0.3 is 7.60 Å². The first kappa shape index (κ1) is 26.3. The molecular weight excluding hydrogens is 497 g/mol. The first-order chi connectivity index (χ1) is 17.5. The molecule has 0 aliphatic rings. The molecule has 0 radical (unpaired) electrons. The third-order valence-electron chi connectivity index (χ3n) is 5.47. The second kappa shape index (κ2) is 12.0. The highest BCUT2D eigenvalue weighted by atomic mass is 32.1. The molecule has 36 heavy (non-hydrogen) atoms. The molecule has 0 amide bonds. The number of thiazole rings is 1. The van der Waals surface area contributed by atoms with Crippen molar-refractivity contribution < 1.29 is 27.8 Å². The molecule has 0 aliphatic carbocycles. The van der Waals surface area contributed by atoms with Gasteiger partial charge in [0.2, 0.25) is 0 Å². The Bertz CT molecular complexity index is 1320. The summed E-state index contributed by atoms with van der Waals surface area (Å²) in [5, 5.41) is 0.835. The fourth-order valence-corrected chi connectivity index (χ4v) is 6.73.